The van der Waals surface area contributed by atoms with Crippen molar-refractivity contribution in [3.63, 3.8) is 0 Å². The van der Waals surface area contributed by atoms with Crippen LogP contribution in [0.5, 0.6) is 0 Å². The van der Waals surface area contributed by atoms with E-state index < -0.39 is 18.1 Å². The van der Waals surface area contributed by atoms with Gasteiger partial charge in [-0.05, 0) is 26.2 Å². The molecule has 0 aliphatic carbocycles. The first-order valence-electron chi connectivity index (χ1n) is 4.97. The lowest BCUT2D eigenvalue weighted by molar-refractivity contribution is -0.191. The summed E-state index contributed by atoms with van der Waals surface area (Å²) in [7, 11) is 0. The zero-order chi connectivity index (χ0) is 11.6. The van der Waals surface area contributed by atoms with E-state index in [0.29, 0.717) is 12.8 Å². The molecular formula is C9H15F3N2O. The Kier molecular flexibility index (Phi) is 3.59. The quantitative estimate of drug-likeness (QED) is 0.729. The molecular weight excluding hydrogens is 209 g/mol. The highest BCUT2D eigenvalue weighted by Crippen LogP contribution is 2.28. The first kappa shape index (κ1) is 12.3. The van der Waals surface area contributed by atoms with E-state index in [9.17, 15) is 18.0 Å². The van der Waals surface area contributed by atoms with Crippen molar-refractivity contribution in [3.8, 4) is 0 Å². The minimum atomic E-state index is -4.79. The van der Waals surface area contributed by atoms with Gasteiger partial charge in [0.2, 0.25) is 0 Å². The molecule has 1 aliphatic heterocycles. The lowest BCUT2D eigenvalue weighted by Gasteiger charge is -2.40. The van der Waals surface area contributed by atoms with Gasteiger partial charge in [0, 0.05) is 18.6 Å². The van der Waals surface area contributed by atoms with Crippen LogP contribution in [0.2, 0.25) is 0 Å². The third-order valence-corrected chi connectivity index (χ3v) is 2.78. The molecule has 1 rings (SSSR count). The van der Waals surface area contributed by atoms with E-state index in [1.807, 2.05) is 0 Å². The fraction of sp³-hybridized carbons (Fsp3) is 0.889. The van der Waals surface area contributed by atoms with Crippen LogP contribution in [0, 0.1) is 0 Å². The molecule has 2 N–H and O–H groups in total. The fourth-order valence-corrected chi connectivity index (χ4v) is 2.03. The summed E-state index contributed by atoms with van der Waals surface area (Å²) >= 11 is 0. The molecule has 0 spiro atoms. The van der Waals surface area contributed by atoms with Crippen molar-refractivity contribution in [2.24, 2.45) is 5.73 Å². The molecule has 1 aliphatic rings. The van der Waals surface area contributed by atoms with Gasteiger partial charge in [-0.25, -0.2) is 0 Å². The number of rotatable bonds is 1. The maximum absolute atomic E-state index is 12.3. The molecule has 1 heterocycles. The highest BCUT2D eigenvalue weighted by atomic mass is 19.4. The standard InChI is InChI=1S/C9H15F3N2O/c1-6-3-2-4-7(5-13)14(6)8(15)9(10,11)12/h6-7H,2-5,13H2,1H3. The number of piperidine rings is 1. The molecule has 0 aromatic carbocycles. The van der Waals surface area contributed by atoms with Crippen molar-refractivity contribution in [2.45, 2.75) is 44.4 Å². The first-order chi connectivity index (χ1) is 6.88. The third-order valence-electron chi connectivity index (χ3n) is 2.78. The van der Waals surface area contributed by atoms with Crippen LogP contribution >= 0.6 is 0 Å². The van der Waals surface area contributed by atoms with Gasteiger partial charge in [-0.2, -0.15) is 13.2 Å². The zero-order valence-electron chi connectivity index (χ0n) is 8.55. The second-order valence-corrected chi connectivity index (χ2v) is 3.88. The second-order valence-electron chi connectivity index (χ2n) is 3.88. The number of nitrogens with zero attached hydrogens (tertiary/aromatic N) is 1. The Morgan fingerprint density at radius 3 is 2.53 bits per heavy atom. The Morgan fingerprint density at radius 1 is 1.47 bits per heavy atom. The van der Waals surface area contributed by atoms with E-state index in [4.69, 9.17) is 5.73 Å². The molecule has 0 saturated carbocycles. The Labute approximate surface area is 86.4 Å². The van der Waals surface area contributed by atoms with Gasteiger partial charge in [0.15, 0.2) is 0 Å². The molecule has 88 valence electrons. The van der Waals surface area contributed by atoms with Crippen LogP contribution in [0.3, 0.4) is 0 Å². The van der Waals surface area contributed by atoms with Crippen molar-refractivity contribution < 1.29 is 18.0 Å². The summed E-state index contributed by atoms with van der Waals surface area (Å²) in [5.41, 5.74) is 5.38. The molecule has 0 aromatic heterocycles. The van der Waals surface area contributed by atoms with E-state index >= 15 is 0 Å². The molecule has 1 fully saturated rings. The maximum Gasteiger partial charge on any atom is 0.471 e. The molecule has 2 unspecified atom stereocenters. The van der Waals surface area contributed by atoms with Crippen LogP contribution in [-0.4, -0.2) is 35.6 Å². The molecule has 1 saturated heterocycles. The molecule has 0 aromatic rings. The Balaban J connectivity index is 2.83. The highest BCUT2D eigenvalue weighted by Gasteiger charge is 2.46. The summed E-state index contributed by atoms with van der Waals surface area (Å²) in [6.07, 6.45) is -2.80. The molecule has 3 nitrogen and oxygen atoms in total. The number of nitrogens with two attached hydrogens (primary N) is 1. The molecule has 15 heavy (non-hydrogen) atoms. The summed E-state index contributed by atoms with van der Waals surface area (Å²) in [6, 6.07) is -0.843. The van der Waals surface area contributed by atoms with E-state index in [0.717, 1.165) is 11.3 Å². The van der Waals surface area contributed by atoms with E-state index in [1.165, 1.54) is 0 Å². The number of alkyl halides is 3. The monoisotopic (exact) mass is 224 g/mol. The van der Waals surface area contributed by atoms with Gasteiger partial charge in [-0.15, -0.1) is 0 Å². The summed E-state index contributed by atoms with van der Waals surface area (Å²) in [5, 5.41) is 0. The average molecular weight is 224 g/mol. The lowest BCUT2D eigenvalue weighted by atomic mass is 9.96. The zero-order valence-corrected chi connectivity index (χ0v) is 8.55. The third kappa shape index (κ3) is 2.62. The van der Waals surface area contributed by atoms with Crippen LogP contribution in [0.4, 0.5) is 13.2 Å². The van der Waals surface area contributed by atoms with E-state index in [1.54, 1.807) is 6.92 Å². The minimum Gasteiger partial charge on any atom is -0.328 e. The Bertz CT molecular complexity index is 242. The smallest absolute Gasteiger partial charge is 0.328 e. The number of halogens is 3. The second kappa shape index (κ2) is 4.38. The van der Waals surface area contributed by atoms with Crippen LogP contribution in [0.25, 0.3) is 0 Å². The van der Waals surface area contributed by atoms with Crippen LogP contribution in [-0.2, 0) is 4.79 Å². The van der Waals surface area contributed by atoms with Gasteiger partial charge in [0.1, 0.15) is 0 Å². The summed E-state index contributed by atoms with van der Waals surface area (Å²) < 4.78 is 36.9. The molecule has 6 heteroatoms. The average Bonchev–Trinajstić information content (AvgIpc) is 2.15. The fourth-order valence-electron chi connectivity index (χ4n) is 2.03. The number of carbonyl (C=O) groups is 1. The van der Waals surface area contributed by atoms with E-state index in [2.05, 4.69) is 0 Å². The topological polar surface area (TPSA) is 46.3 Å². The van der Waals surface area contributed by atoms with Crippen molar-refractivity contribution in [1.82, 2.24) is 4.90 Å². The van der Waals surface area contributed by atoms with Crippen LogP contribution in [0.1, 0.15) is 26.2 Å². The predicted octanol–water partition coefficient (Wildman–Crippen LogP) is 1.28. The number of amides is 1. The first-order valence-corrected chi connectivity index (χ1v) is 4.97. The van der Waals surface area contributed by atoms with Gasteiger partial charge in [-0.3, -0.25) is 4.79 Å². The molecule has 1 amide bonds. The Morgan fingerprint density at radius 2 is 2.07 bits per heavy atom. The van der Waals surface area contributed by atoms with Crippen LogP contribution in [0.15, 0.2) is 0 Å². The summed E-state index contributed by atoms with van der Waals surface area (Å²) in [6.45, 7) is 1.72. The number of likely N-dealkylation sites (tertiary alicyclic amines) is 1. The van der Waals surface area contributed by atoms with Gasteiger partial charge >= 0.3 is 12.1 Å². The Hall–Kier alpha value is -0.780. The minimum absolute atomic E-state index is 0.0894. The SMILES string of the molecule is CC1CCCC(CN)N1C(=O)C(F)(F)F. The molecule has 2 atom stereocenters. The van der Waals surface area contributed by atoms with Gasteiger partial charge < -0.3 is 10.6 Å². The number of hydrogen-bond acceptors (Lipinski definition) is 2. The summed E-state index contributed by atoms with van der Waals surface area (Å²) in [4.78, 5) is 12.0. The van der Waals surface area contributed by atoms with E-state index in [-0.39, 0.29) is 12.6 Å². The van der Waals surface area contributed by atoms with Crippen LogP contribution < -0.4 is 5.73 Å². The number of hydrogen-bond donors (Lipinski definition) is 1. The van der Waals surface area contributed by atoms with Gasteiger partial charge in [-0.1, -0.05) is 0 Å². The molecule has 0 bridgehead atoms. The lowest BCUT2D eigenvalue weighted by Crippen LogP contribution is -2.55. The largest absolute Gasteiger partial charge is 0.471 e. The van der Waals surface area contributed by atoms with Crippen molar-refractivity contribution in [3.05, 3.63) is 0 Å². The summed E-state index contributed by atoms with van der Waals surface area (Å²) in [5.74, 6) is -1.76. The van der Waals surface area contributed by atoms with Crippen molar-refractivity contribution in [1.29, 1.82) is 0 Å². The van der Waals surface area contributed by atoms with Crippen molar-refractivity contribution in [2.75, 3.05) is 6.54 Å². The number of carbonyl (C=O) groups excluding carboxylic acids is 1. The van der Waals surface area contributed by atoms with Gasteiger partial charge in [0.25, 0.3) is 0 Å². The van der Waals surface area contributed by atoms with Crippen molar-refractivity contribution >= 4 is 5.91 Å². The highest BCUT2D eigenvalue weighted by molar-refractivity contribution is 5.82. The van der Waals surface area contributed by atoms with Gasteiger partial charge in [0.05, 0.1) is 0 Å². The molecule has 0 radical (unpaired) electrons. The normalized spacial score (nSPS) is 27.9. The maximum atomic E-state index is 12.3. The predicted molar refractivity (Wildman–Crippen MR) is 49.1 cm³/mol.